The maximum absolute atomic E-state index is 9.87. The van der Waals surface area contributed by atoms with E-state index in [0.29, 0.717) is 17.1 Å². The average molecular weight is 283 g/mol. The first-order valence-electron chi connectivity index (χ1n) is 5.08. The van der Waals surface area contributed by atoms with Crippen LogP contribution < -0.4 is 0 Å². The van der Waals surface area contributed by atoms with E-state index in [1.807, 2.05) is 13.8 Å². The highest BCUT2D eigenvalue weighted by Gasteiger charge is 2.16. The molecule has 1 N–H and O–H groups in total. The molecule has 0 saturated heterocycles. The Kier molecular flexibility index (Phi) is 5.19. The van der Waals surface area contributed by atoms with Crippen molar-refractivity contribution in [1.82, 2.24) is 4.90 Å². The Balaban J connectivity index is 3.09. The van der Waals surface area contributed by atoms with Crippen molar-refractivity contribution in [2.75, 3.05) is 13.1 Å². The van der Waals surface area contributed by atoms with Gasteiger partial charge in [-0.3, -0.25) is 4.90 Å². The van der Waals surface area contributed by atoms with Crippen LogP contribution in [0.25, 0.3) is 0 Å². The Morgan fingerprint density at radius 3 is 2.19 bits per heavy atom. The maximum Gasteiger partial charge on any atom is 0.141 e. The molecule has 1 aromatic carbocycles. The number of phenolic OH excluding ortho intramolecular Hbond substituents is 1. The fraction of sp³-hybridized carbons (Fsp3) is 0.455. The molecule has 0 aromatic heterocycles. The lowest BCUT2D eigenvalue weighted by molar-refractivity contribution is 0.291. The van der Waals surface area contributed by atoms with Crippen molar-refractivity contribution in [1.29, 1.82) is 0 Å². The summed E-state index contributed by atoms with van der Waals surface area (Å²) >= 11 is 17.7. The minimum atomic E-state index is -0.0222. The largest absolute Gasteiger partial charge is 0.506 e. The number of hydrogen-bond acceptors (Lipinski definition) is 2. The van der Waals surface area contributed by atoms with Gasteiger partial charge in [0.1, 0.15) is 10.8 Å². The predicted octanol–water partition coefficient (Wildman–Crippen LogP) is 4.19. The highest BCUT2D eigenvalue weighted by atomic mass is 35.5. The Hall–Kier alpha value is -0.150. The van der Waals surface area contributed by atoms with Crippen molar-refractivity contribution in [3.05, 3.63) is 26.7 Å². The first-order valence-corrected chi connectivity index (χ1v) is 6.22. The maximum atomic E-state index is 9.87. The molecule has 0 aliphatic heterocycles. The smallest absolute Gasteiger partial charge is 0.141 e. The molecule has 2 nitrogen and oxygen atoms in total. The van der Waals surface area contributed by atoms with Gasteiger partial charge in [0.05, 0.1) is 10.0 Å². The molecule has 0 aliphatic rings. The van der Waals surface area contributed by atoms with Gasteiger partial charge < -0.3 is 5.11 Å². The van der Waals surface area contributed by atoms with E-state index in [0.717, 1.165) is 13.1 Å². The third kappa shape index (κ3) is 2.95. The van der Waals surface area contributed by atoms with Gasteiger partial charge in [-0.15, -0.1) is 0 Å². The molecule has 90 valence electrons. The zero-order valence-electron chi connectivity index (χ0n) is 9.23. The van der Waals surface area contributed by atoms with E-state index in [1.54, 1.807) is 6.07 Å². The molecule has 0 aliphatic carbocycles. The minimum Gasteiger partial charge on any atom is -0.506 e. The summed E-state index contributed by atoms with van der Waals surface area (Å²) in [6.07, 6.45) is 0. The number of nitrogens with zero attached hydrogens (tertiary/aromatic N) is 1. The summed E-state index contributed by atoms with van der Waals surface area (Å²) in [6.45, 7) is 6.42. The summed E-state index contributed by atoms with van der Waals surface area (Å²) in [6, 6.07) is 1.56. The van der Waals surface area contributed by atoms with Crippen LogP contribution in [0.3, 0.4) is 0 Å². The van der Waals surface area contributed by atoms with Crippen molar-refractivity contribution in [3.63, 3.8) is 0 Å². The van der Waals surface area contributed by atoms with Gasteiger partial charge in [-0.2, -0.15) is 0 Å². The summed E-state index contributed by atoms with van der Waals surface area (Å²) in [5.74, 6) is -0.0222. The van der Waals surface area contributed by atoms with Crippen LogP contribution in [0, 0.1) is 0 Å². The second-order valence-corrected chi connectivity index (χ2v) is 4.64. The van der Waals surface area contributed by atoms with Gasteiger partial charge in [-0.05, 0) is 19.2 Å². The lowest BCUT2D eigenvalue weighted by Crippen LogP contribution is -2.22. The van der Waals surface area contributed by atoms with Gasteiger partial charge >= 0.3 is 0 Å². The molecule has 1 rings (SSSR count). The van der Waals surface area contributed by atoms with Crippen molar-refractivity contribution in [2.45, 2.75) is 20.4 Å². The molecule has 0 fully saturated rings. The van der Waals surface area contributed by atoms with E-state index < -0.39 is 0 Å². The van der Waals surface area contributed by atoms with Crippen molar-refractivity contribution < 1.29 is 5.11 Å². The van der Waals surface area contributed by atoms with Crippen molar-refractivity contribution in [2.24, 2.45) is 0 Å². The molecule has 0 spiro atoms. The van der Waals surface area contributed by atoms with Gasteiger partial charge in [0.25, 0.3) is 0 Å². The summed E-state index contributed by atoms with van der Waals surface area (Å²) in [5, 5.41) is 10.7. The van der Waals surface area contributed by atoms with Crippen LogP contribution in [0.1, 0.15) is 19.4 Å². The zero-order chi connectivity index (χ0) is 12.3. The Bertz CT molecular complexity index is 378. The lowest BCUT2D eigenvalue weighted by Gasteiger charge is -2.20. The molecular weight excluding hydrogens is 268 g/mol. The fourth-order valence-corrected chi connectivity index (χ4v) is 2.12. The van der Waals surface area contributed by atoms with Gasteiger partial charge in [0.15, 0.2) is 0 Å². The molecule has 0 atom stereocenters. The van der Waals surface area contributed by atoms with E-state index >= 15 is 0 Å². The molecule has 0 saturated carbocycles. The lowest BCUT2D eigenvalue weighted by atomic mass is 10.2. The number of hydrogen-bond donors (Lipinski definition) is 1. The summed E-state index contributed by atoms with van der Waals surface area (Å²) in [5.41, 5.74) is 0.625. The molecule has 0 amide bonds. The van der Waals surface area contributed by atoms with Crippen LogP contribution in [0.2, 0.25) is 15.1 Å². The van der Waals surface area contributed by atoms with E-state index in [1.165, 1.54) is 0 Å². The topological polar surface area (TPSA) is 23.5 Å². The second kappa shape index (κ2) is 5.97. The molecule has 5 heteroatoms. The molecule has 0 heterocycles. The molecular formula is C11H14Cl3NO. The number of aromatic hydroxyl groups is 1. The normalized spacial score (nSPS) is 11.1. The summed E-state index contributed by atoms with van der Waals surface area (Å²) < 4.78 is 0. The van der Waals surface area contributed by atoms with Crippen molar-refractivity contribution in [3.8, 4) is 5.75 Å². The van der Waals surface area contributed by atoms with Crippen molar-refractivity contribution >= 4 is 34.8 Å². The van der Waals surface area contributed by atoms with E-state index in [4.69, 9.17) is 34.8 Å². The summed E-state index contributed by atoms with van der Waals surface area (Å²) in [7, 11) is 0. The third-order valence-electron chi connectivity index (χ3n) is 2.52. The van der Waals surface area contributed by atoms with Crippen LogP contribution in [0.4, 0.5) is 0 Å². The molecule has 0 radical (unpaired) electrons. The highest BCUT2D eigenvalue weighted by molar-refractivity contribution is 6.44. The number of halogens is 3. The third-order valence-corrected chi connectivity index (χ3v) is 3.64. The van der Waals surface area contributed by atoms with E-state index in [2.05, 4.69) is 4.90 Å². The van der Waals surface area contributed by atoms with Crippen LogP contribution in [0.15, 0.2) is 6.07 Å². The van der Waals surface area contributed by atoms with E-state index in [9.17, 15) is 5.11 Å². The number of benzene rings is 1. The first-order chi connectivity index (χ1) is 7.51. The SMILES string of the molecule is CCN(CC)Cc1c(Cl)cc(Cl)c(Cl)c1O. The zero-order valence-corrected chi connectivity index (χ0v) is 11.5. The number of rotatable bonds is 4. The van der Waals surface area contributed by atoms with Gasteiger partial charge in [0, 0.05) is 12.1 Å². The van der Waals surface area contributed by atoms with Crippen LogP contribution >= 0.6 is 34.8 Å². The van der Waals surface area contributed by atoms with Gasteiger partial charge in [0.2, 0.25) is 0 Å². The Morgan fingerprint density at radius 2 is 1.69 bits per heavy atom. The highest BCUT2D eigenvalue weighted by Crippen LogP contribution is 2.39. The van der Waals surface area contributed by atoms with Crippen LogP contribution in [0.5, 0.6) is 5.75 Å². The van der Waals surface area contributed by atoms with E-state index in [-0.39, 0.29) is 15.8 Å². The van der Waals surface area contributed by atoms with Gasteiger partial charge in [-0.25, -0.2) is 0 Å². The summed E-state index contributed by atoms with van der Waals surface area (Å²) in [4.78, 5) is 2.13. The molecule has 0 unspecified atom stereocenters. The van der Waals surface area contributed by atoms with Gasteiger partial charge in [-0.1, -0.05) is 48.7 Å². The fourth-order valence-electron chi connectivity index (χ4n) is 1.44. The second-order valence-electron chi connectivity index (χ2n) is 3.44. The monoisotopic (exact) mass is 281 g/mol. The predicted molar refractivity (Wildman–Crippen MR) is 69.8 cm³/mol. The molecule has 1 aromatic rings. The number of phenols is 1. The minimum absolute atomic E-state index is 0.0222. The quantitative estimate of drug-likeness (QED) is 0.837. The standard InChI is InChI=1S/C11H14Cl3NO/c1-3-15(4-2)6-7-8(12)5-9(13)10(14)11(7)16/h5,16H,3-4,6H2,1-2H3. The average Bonchev–Trinajstić information content (AvgIpc) is 2.27. The Morgan fingerprint density at radius 1 is 1.12 bits per heavy atom. The Labute approximate surface area is 111 Å². The van der Waals surface area contributed by atoms with Crippen LogP contribution in [-0.4, -0.2) is 23.1 Å². The molecule has 0 bridgehead atoms. The van der Waals surface area contributed by atoms with Crippen LogP contribution in [-0.2, 0) is 6.54 Å². The first kappa shape index (κ1) is 13.9. The molecule has 16 heavy (non-hydrogen) atoms.